The molecule has 2 unspecified atom stereocenters. The molecule has 1 fully saturated rings. The third-order valence-corrected chi connectivity index (χ3v) is 4.28. The van der Waals surface area contributed by atoms with Crippen molar-refractivity contribution in [1.82, 2.24) is 0 Å². The molecule has 0 heterocycles. The van der Waals surface area contributed by atoms with Gasteiger partial charge in [0.2, 0.25) is 0 Å². The fourth-order valence-corrected chi connectivity index (χ4v) is 3.02. The summed E-state index contributed by atoms with van der Waals surface area (Å²) in [5, 5.41) is 0. The topological polar surface area (TPSA) is 0 Å². The van der Waals surface area contributed by atoms with Crippen LogP contribution in [0.5, 0.6) is 0 Å². The summed E-state index contributed by atoms with van der Waals surface area (Å²) in [6, 6.07) is 10.8. The zero-order valence-electron chi connectivity index (χ0n) is 12.5. The molecule has 19 heavy (non-hydrogen) atoms. The smallest absolute Gasteiger partial charge is 0.00754 e. The Balaban J connectivity index is 1.99. The third kappa shape index (κ3) is 3.83. The Labute approximate surface area is 118 Å². The van der Waals surface area contributed by atoms with Gasteiger partial charge in [-0.3, -0.25) is 0 Å². The van der Waals surface area contributed by atoms with Crippen LogP contribution in [0, 0.1) is 11.8 Å². The Morgan fingerprint density at radius 1 is 1.00 bits per heavy atom. The van der Waals surface area contributed by atoms with Gasteiger partial charge in [-0.25, -0.2) is 0 Å². The minimum absolute atomic E-state index is 0.139. The Hall–Kier alpha value is -1.30. The molecule has 0 amide bonds. The molecule has 0 spiro atoms. The van der Waals surface area contributed by atoms with Crippen LogP contribution in [0.25, 0.3) is 0 Å². The van der Waals surface area contributed by atoms with Gasteiger partial charge in [0.15, 0.2) is 0 Å². The van der Waals surface area contributed by atoms with Gasteiger partial charge in [-0.15, -0.1) is 0 Å². The molecule has 0 nitrogen and oxygen atoms in total. The maximum atomic E-state index is 2.45. The van der Waals surface area contributed by atoms with Crippen LogP contribution in [0.1, 0.15) is 45.6 Å². The van der Waals surface area contributed by atoms with Crippen molar-refractivity contribution in [1.29, 1.82) is 0 Å². The highest BCUT2D eigenvalue weighted by atomic mass is 14.3. The van der Waals surface area contributed by atoms with Crippen molar-refractivity contribution in [2.45, 2.75) is 45.4 Å². The Kier molecular flexibility index (Phi) is 4.63. The zero-order valence-corrected chi connectivity index (χ0v) is 12.5. The monoisotopic (exact) mass is 254 g/mol. The van der Waals surface area contributed by atoms with Crippen molar-refractivity contribution >= 4 is 0 Å². The molecule has 0 aliphatic heterocycles. The van der Waals surface area contributed by atoms with Gasteiger partial charge in [0.05, 0.1) is 0 Å². The van der Waals surface area contributed by atoms with Gasteiger partial charge in [-0.2, -0.15) is 0 Å². The summed E-state index contributed by atoms with van der Waals surface area (Å²) < 4.78 is 0. The molecule has 0 heteroatoms. The first-order valence-electron chi connectivity index (χ1n) is 7.49. The second-order valence-corrected chi connectivity index (χ2v) is 6.31. The van der Waals surface area contributed by atoms with E-state index in [1.54, 1.807) is 0 Å². The zero-order chi connectivity index (χ0) is 13.7. The van der Waals surface area contributed by atoms with Gasteiger partial charge in [-0.05, 0) is 43.6 Å². The molecule has 0 radical (unpaired) electrons. The Morgan fingerprint density at radius 2 is 1.63 bits per heavy atom. The van der Waals surface area contributed by atoms with E-state index in [1.165, 1.54) is 24.8 Å². The van der Waals surface area contributed by atoms with Crippen LogP contribution >= 0.6 is 0 Å². The number of hydrogen-bond donors (Lipinski definition) is 0. The summed E-state index contributed by atoms with van der Waals surface area (Å²) in [5.41, 5.74) is 1.54. The molecular formula is C19H26. The van der Waals surface area contributed by atoms with Crippen LogP contribution in [0.4, 0.5) is 0 Å². The second kappa shape index (κ2) is 6.23. The first-order valence-corrected chi connectivity index (χ1v) is 7.49. The lowest BCUT2D eigenvalue weighted by Crippen LogP contribution is -2.13. The largest absolute Gasteiger partial charge is 0.0914 e. The Bertz CT molecular complexity index is 436. The van der Waals surface area contributed by atoms with E-state index < -0.39 is 0 Å². The number of hydrogen-bond acceptors (Lipinski definition) is 0. The van der Waals surface area contributed by atoms with E-state index in [4.69, 9.17) is 0 Å². The quantitative estimate of drug-likeness (QED) is 0.621. The highest BCUT2D eigenvalue weighted by molar-refractivity contribution is 5.28. The fourth-order valence-electron chi connectivity index (χ4n) is 3.02. The lowest BCUT2D eigenvalue weighted by atomic mass is 9.83. The highest BCUT2D eigenvalue weighted by Crippen LogP contribution is 2.34. The van der Waals surface area contributed by atoms with E-state index in [1.807, 2.05) is 0 Å². The minimum atomic E-state index is 0.139. The van der Waals surface area contributed by atoms with Crippen molar-refractivity contribution < 1.29 is 0 Å². The maximum absolute atomic E-state index is 2.45. The number of allylic oxidation sites excluding steroid dienone is 4. The molecule has 102 valence electrons. The van der Waals surface area contributed by atoms with Gasteiger partial charge in [0.25, 0.3) is 0 Å². The predicted octanol–water partition coefficient (Wildman–Crippen LogP) is 5.51. The summed E-state index contributed by atoms with van der Waals surface area (Å²) in [6.45, 7) is 6.73. The van der Waals surface area contributed by atoms with Crippen LogP contribution in [0.3, 0.4) is 0 Å². The van der Waals surface area contributed by atoms with Crippen molar-refractivity contribution in [2.24, 2.45) is 11.8 Å². The standard InChI is InChI=1S/C19H26/c1-4-8-16-11-12-17(15-16)13-14-19(2,3)18-9-6-5-7-10-18/h4-10,13-14,16-17H,11-12,15H2,1-3H3/b8-4?,14-13-. The molecular weight excluding hydrogens is 228 g/mol. The second-order valence-electron chi connectivity index (χ2n) is 6.31. The average molecular weight is 254 g/mol. The van der Waals surface area contributed by atoms with Crippen molar-refractivity contribution in [3.8, 4) is 0 Å². The number of rotatable bonds is 4. The van der Waals surface area contributed by atoms with Gasteiger partial charge in [-0.1, -0.05) is 68.5 Å². The summed E-state index contributed by atoms with van der Waals surface area (Å²) in [7, 11) is 0. The van der Waals surface area contributed by atoms with Crippen molar-refractivity contribution in [3.63, 3.8) is 0 Å². The van der Waals surface area contributed by atoms with Crippen LogP contribution in [-0.2, 0) is 5.41 Å². The van der Waals surface area contributed by atoms with Crippen LogP contribution in [-0.4, -0.2) is 0 Å². The lowest BCUT2D eigenvalue weighted by molar-refractivity contribution is 0.617. The Morgan fingerprint density at radius 3 is 2.26 bits per heavy atom. The van der Waals surface area contributed by atoms with E-state index in [2.05, 4.69) is 75.4 Å². The first-order chi connectivity index (χ1) is 9.12. The van der Waals surface area contributed by atoms with E-state index in [0.29, 0.717) is 0 Å². The summed E-state index contributed by atoms with van der Waals surface area (Å²) in [6.07, 6.45) is 13.5. The molecule has 0 saturated heterocycles. The van der Waals surface area contributed by atoms with Gasteiger partial charge in [0.1, 0.15) is 0 Å². The SMILES string of the molecule is CC=CC1CCC(/C=C\C(C)(C)c2ccccc2)C1. The number of benzene rings is 1. The van der Waals surface area contributed by atoms with Crippen molar-refractivity contribution in [3.05, 3.63) is 60.2 Å². The first kappa shape index (κ1) is 14.1. The van der Waals surface area contributed by atoms with Crippen molar-refractivity contribution in [2.75, 3.05) is 0 Å². The molecule has 2 rings (SSSR count). The summed E-state index contributed by atoms with van der Waals surface area (Å²) >= 11 is 0. The maximum Gasteiger partial charge on any atom is 0.00754 e. The van der Waals surface area contributed by atoms with Crippen LogP contribution < -0.4 is 0 Å². The molecule has 0 bridgehead atoms. The molecule has 1 aromatic rings. The molecule has 1 saturated carbocycles. The van der Waals surface area contributed by atoms with E-state index in [-0.39, 0.29) is 5.41 Å². The average Bonchev–Trinajstić information content (AvgIpc) is 2.86. The normalized spacial score (nSPS) is 24.6. The molecule has 1 aliphatic carbocycles. The van der Waals surface area contributed by atoms with E-state index >= 15 is 0 Å². The summed E-state index contributed by atoms with van der Waals surface area (Å²) in [5.74, 6) is 1.57. The highest BCUT2D eigenvalue weighted by Gasteiger charge is 2.22. The third-order valence-electron chi connectivity index (χ3n) is 4.28. The van der Waals surface area contributed by atoms with Crippen LogP contribution in [0.2, 0.25) is 0 Å². The summed E-state index contributed by atoms with van der Waals surface area (Å²) in [4.78, 5) is 0. The van der Waals surface area contributed by atoms with E-state index in [0.717, 1.165) is 11.8 Å². The van der Waals surface area contributed by atoms with Crippen LogP contribution in [0.15, 0.2) is 54.6 Å². The van der Waals surface area contributed by atoms with E-state index in [9.17, 15) is 0 Å². The predicted molar refractivity (Wildman–Crippen MR) is 84.3 cm³/mol. The van der Waals surface area contributed by atoms with Gasteiger partial charge in [0, 0.05) is 5.41 Å². The fraction of sp³-hybridized carbons (Fsp3) is 0.474. The molecule has 2 atom stereocenters. The molecule has 1 aliphatic rings. The van der Waals surface area contributed by atoms with Gasteiger partial charge < -0.3 is 0 Å². The van der Waals surface area contributed by atoms with Gasteiger partial charge >= 0.3 is 0 Å². The lowest BCUT2D eigenvalue weighted by Gasteiger charge is -2.21. The minimum Gasteiger partial charge on any atom is -0.0914 e. The molecule has 0 aromatic heterocycles. The molecule has 0 N–H and O–H groups in total. The molecule has 1 aromatic carbocycles.